The van der Waals surface area contributed by atoms with Crippen LogP contribution in [0.3, 0.4) is 0 Å². The van der Waals surface area contributed by atoms with E-state index in [4.69, 9.17) is 4.98 Å². The van der Waals surface area contributed by atoms with Gasteiger partial charge in [-0.25, -0.2) is 4.98 Å². The second kappa shape index (κ2) is 9.56. The minimum absolute atomic E-state index is 0.0241. The van der Waals surface area contributed by atoms with Crippen molar-refractivity contribution in [3.63, 3.8) is 0 Å². The lowest BCUT2D eigenvalue weighted by atomic mass is 10.1. The van der Waals surface area contributed by atoms with Gasteiger partial charge in [-0.2, -0.15) is 11.8 Å². The Balaban J connectivity index is 2.17. The van der Waals surface area contributed by atoms with Crippen molar-refractivity contribution in [1.82, 2.24) is 14.9 Å². The van der Waals surface area contributed by atoms with Crippen LogP contribution in [0.25, 0.3) is 22.4 Å². The van der Waals surface area contributed by atoms with Crippen LogP contribution in [0.1, 0.15) is 40.2 Å². The van der Waals surface area contributed by atoms with Gasteiger partial charge in [-0.3, -0.25) is 9.59 Å². The van der Waals surface area contributed by atoms with Gasteiger partial charge in [0.2, 0.25) is 11.8 Å². The summed E-state index contributed by atoms with van der Waals surface area (Å²) in [5, 5.41) is 5.97. The SMILES string of the molecule is CSCCC(C(=O)NC(C)(C)C)n1c(-c2cccc(NC(C)=O)c2)nc2ccccc21. The number of nitrogens with zero attached hydrogens (tertiary/aromatic N) is 2. The first kappa shape index (κ1) is 22.9. The minimum Gasteiger partial charge on any atom is -0.350 e. The van der Waals surface area contributed by atoms with Crippen LogP contribution in [-0.2, 0) is 9.59 Å². The number of imidazole rings is 1. The molecule has 1 aromatic heterocycles. The van der Waals surface area contributed by atoms with E-state index in [0.29, 0.717) is 17.9 Å². The van der Waals surface area contributed by atoms with Crippen LogP contribution >= 0.6 is 11.8 Å². The molecule has 3 aromatic rings. The van der Waals surface area contributed by atoms with Crippen LogP contribution in [0.15, 0.2) is 48.5 Å². The van der Waals surface area contributed by atoms with Crippen molar-refractivity contribution in [2.45, 2.75) is 45.7 Å². The van der Waals surface area contributed by atoms with Crippen LogP contribution in [0.2, 0.25) is 0 Å². The highest BCUT2D eigenvalue weighted by molar-refractivity contribution is 7.98. The highest BCUT2D eigenvalue weighted by Gasteiger charge is 2.28. The maximum absolute atomic E-state index is 13.4. The summed E-state index contributed by atoms with van der Waals surface area (Å²) in [5.41, 5.74) is 2.96. The number of amides is 2. The summed E-state index contributed by atoms with van der Waals surface area (Å²) in [4.78, 5) is 29.8. The Bertz CT molecular complexity index is 1080. The molecule has 0 bridgehead atoms. The van der Waals surface area contributed by atoms with Crippen molar-refractivity contribution in [1.29, 1.82) is 0 Å². The van der Waals surface area contributed by atoms with Gasteiger partial charge in [0.05, 0.1) is 11.0 Å². The molecule has 0 fully saturated rings. The van der Waals surface area contributed by atoms with Crippen LogP contribution in [0, 0.1) is 0 Å². The van der Waals surface area contributed by atoms with Gasteiger partial charge in [-0.1, -0.05) is 24.3 Å². The quantitative estimate of drug-likeness (QED) is 0.552. The molecule has 0 spiro atoms. The van der Waals surface area contributed by atoms with Gasteiger partial charge in [0.1, 0.15) is 11.9 Å². The molecule has 7 heteroatoms. The topological polar surface area (TPSA) is 76.0 Å². The molecule has 0 aliphatic carbocycles. The molecule has 0 saturated carbocycles. The van der Waals surface area contributed by atoms with Crippen LogP contribution in [0.4, 0.5) is 5.69 Å². The maximum atomic E-state index is 13.4. The number of hydrogen-bond acceptors (Lipinski definition) is 4. The largest absolute Gasteiger partial charge is 0.350 e. The van der Waals surface area contributed by atoms with E-state index in [1.165, 1.54) is 6.92 Å². The number of benzene rings is 2. The van der Waals surface area contributed by atoms with Crippen molar-refractivity contribution in [3.05, 3.63) is 48.5 Å². The van der Waals surface area contributed by atoms with E-state index in [-0.39, 0.29) is 17.4 Å². The Hall–Kier alpha value is -2.80. The number of thioether (sulfide) groups is 1. The summed E-state index contributed by atoms with van der Waals surface area (Å²) >= 11 is 1.72. The second-order valence-corrected chi connectivity index (χ2v) is 9.58. The number of hydrogen-bond donors (Lipinski definition) is 2. The van der Waals surface area contributed by atoms with Gasteiger partial charge in [-0.05, 0) is 63.5 Å². The first-order valence-electron chi connectivity index (χ1n) is 10.4. The third kappa shape index (κ3) is 5.67. The fourth-order valence-electron chi connectivity index (χ4n) is 3.56. The Morgan fingerprint density at radius 2 is 1.87 bits per heavy atom. The van der Waals surface area contributed by atoms with Crippen LogP contribution < -0.4 is 10.6 Å². The molecule has 0 aliphatic heterocycles. The predicted molar refractivity (Wildman–Crippen MR) is 129 cm³/mol. The number of aromatic nitrogens is 2. The van der Waals surface area contributed by atoms with Crippen molar-refractivity contribution < 1.29 is 9.59 Å². The number of carbonyl (C=O) groups is 2. The van der Waals surface area contributed by atoms with E-state index < -0.39 is 6.04 Å². The number of fused-ring (bicyclic) bond motifs is 1. The fourth-order valence-corrected chi connectivity index (χ4v) is 4.02. The van der Waals surface area contributed by atoms with E-state index in [1.54, 1.807) is 11.8 Å². The molecule has 164 valence electrons. The minimum atomic E-state index is -0.404. The third-order valence-corrected chi connectivity index (χ3v) is 5.39. The van der Waals surface area contributed by atoms with Crippen LogP contribution in [0.5, 0.6) is 0 Å². The van der Waals surface area contributed by atoms with Crippen molar-refractivity contribution in [2.24, 2.45) is 0 Å². The number of carbonyl (C=O) groups excluding carboxylic acids is 2. The predicted octanol–water partition coefficient (Wildman–Crippen LogP) is 4.87. The van der Waals surface area contributed by atoms with Gasteiger partial charge >= 0.3 is 0 Å². The Kier molecular flexibility index (Phi) is 7.05. The van der Waals surface area contributed by atoms with E-state index in [2.05, 4.69) is 10.6 Å². The van der Waals surface area contributed by atoms with Gasteiger partial charge in [0, 0.05) is 23.7 Å². The molecule has 6 nitrogen and oxygen atoms in total. The molecule has 2 amide bonds. The smallest absolute Gasteiger partial charge is 0.243 e. The molecular weight excluding hydrogens is 408 g/mol. The van der Waals surface area contributed by atoms with E-state index >= 15 is 0 Å². The molecule has 3 rings (SSSR count). The lowest BCUT2D eigenvalue weighted by Crippen LogP contribution is -2.44. The Morgan fingerprint density at radius 1 is 1.13 bits per heavy atom. The van der Waals surface area contributed by atoms with Crippen LogP contribution in [-0.4, -0.2) is 38.9 Å². The van der Waals surface area contributed by atoms with Gasteiger partial charge < -0.3 is 15.2 Å². The molecule has 2 aromatic carbocycles. The maximum Gasteiger partial charge on any atom is 0.243 e. The number of rotatable bonds is 7. The lowest BCUT2D eigenvalue weighted by Gasteiger charge is -2.27. The molecule has 0 saturated heterocycles. The average Bonchev–Trinajstić information content (AvgIpc) is 3.06. The Labute approximate surface area is 187 Å². The molecular formula is C24H30N4O2S. The molecule has 31 heavy (non-hydrogen) atoms. The van der Waals surface area contributed by atoms with Crippen molar-refractivity contribution in [3.8, 4) is 11.4 Å². The molecule has 0 radical (unpaired) electrons. The lowest BCUT2D eigenvalue weighted by molar-refractivity contribution is -0.125. The average molecular weight is 439 g/mol. The summed E-state index contributed by atoms with van der Waals surface area (Å²) in [6.07, 6.45) is 2.73. The summed E-state index contributed by atoms with van der Waals surface area (Å²) in [7, 11) is 0. The van der Waals surface area contributed by atoms with E-state index in [9.17, 15) is 9.59 Å². The highest BCUT2D eigenvalue weighted by Crippen LogP contribution is 2.32. The summed E-state index contributed by atoms with van der Waals surface area (Å²) in [6, 6.07) is 15.0. The van der Waals surface area contributed by atoms with Gasteiger partial charge in [0.15, 0.2) is 0 Å². The fraction of sp³-hybridized carbons (Fsp3) is 0.375. The highest BCUT2D eigenvalue weighted by atomic mass is 32.2. The van der Waals surface area contributed by atoms with E-state index in [0.717, 1.165) is 22.3 Å². The van der Waals surface area contributed by atoms with Gasteiger partial charge in [0.25, 0.3) is 0 Å². The summed E-state index contributed by atoms with van der Waals surface area (Å²) in [5.74, 6) is 1.40. The summed E-state index contributed by atoms with van der Waals surface area (Å²) < 4.78 is 2.04. The number of para-hydroxylation sites is 2. The monoisotopic (exact) mass is 438 g/mol. The third-order valence-electron chi connectivity index (χ3n) is 4.74. The van der Waals surface area contributed by atoms with Gasteiger partial charge in [-0.15, -0.1) is 0 Å². The molecule has 0 aliphatic rings. The zero-order valence-electron chi connectivity index (χ0n) is 18.7. The molecule has 2 N–H and O–H groups in total. The van der Waals surface area contributed by atoms with E-state index in [1.807, 2.05) is 80.1 Å². The first-order chi connectivity index (χ1) is 14.7. The number of nitrogens with one attached hydrogen (secondary N) is 2. The normalized spacial score (nSPS) is 12.5. The zero-order valence-corrected chi connectivity index (χ0v) is 19.5. The number of anilines is 1. The summed E-state index contributed by atoms with van der Waals surface area (Å²) in [6.45, 7) is 7.44. The molecule has 1 unspecified atom stereocenters. The Morgan fingerprint density at radius 3 is 2.55 bits per heavy atom. The zero-order chi connectivity index (χ0) is 22.6. The second-order valence-electron chi connectivity index (χ2n) is 8.59. The van der Waals surface area contributed by atoms with Crippen molar-refractivity contribution >= 4 is 40.3 Å². The first-order valence-corrected chi connectivity index (χ1v) is 11.7. The molecule has 1 heterocycles. The van der Waals surface area contributed by atoms with Crippen molar-refractivity contribution in [2.75, 3.05) is 17.3 Å². The standard InChI is InChI=1S/C24H30N4O2S/c1-16(29)25-18-10-8-9-17(15-18)22-26-19-11-6-7-12-20(19)28(22)21(13-14-31-5)23(30)27-24(2,3)4/h6-12,15,21H,13-14H2,1-5H3,(H,25,29)(H,27,30). The molecule has 1 atom stereocenters.